The van der Waals surface area contributed by atoms with Gasteiger partial charge in [0.25, 0.3) is 0 Å². The number of aromatic nitrogens is 2. The molecule has 8 heteroatoms. The third kappa shape index (κ3) is 4.47. The lowest BCUT2D eigenvalue weighted by molar-refractivity contribution is 0.342. The van der Waals surface area contributed by atoms with Crippen molar-refractivity contribution in [1.29, 1.82) is 0 Å². The van der Waals surface area contributed by atoms with E-state index >= 15 is 0 Å². The topological polar surface area (TPSA) is 99.2 Å². The molecule has 2 aromatic rings. The van der Waals surface area contributed by atoms with E-state index in [4.69, 9.17) is 10.5 Å². The molecular weight excluding hydrogens is 292 g/mol. The zero-order valence-electron chi connectivity index (χ0n) is 11.7. The molecule has 1 aromatic heterocycles. The number of nitrogen functional groups attached to an aromatic ring is 1. The summed E-state index contributed by atoms with van der Waals surface area (Å²) in [6.45, 7) is 0.184. The third-order valence-electron chi connectivity index (χ3n) is 2.90. The lowest BCUT2D eigenvalue weighted by Gasteiger charge is -2.10. The van der Waals surface area contributed by atoms with Gasteiger partial charge in [0.05, 0.1) is 18.0 Å². The van der Waals surface area contributed by atoms with Gasteiger partial charge in [-0.2, -0.15) is 0 Å². The Hall–Kier alpha value is -2.06. The largest absolute Gasteiger partial charge is 0.490 e. The molecule has 0 radical (unpaired) electrons. The molecule has 1 heterocycles. The monoisotopic (exact) mass is 310 g/mol. The number of sulfonamides is 1. The lowest BCUT2D eigenvalue weighted by Crippen LogP contribution is -2.29. The molecule has 0 atom stereocenters. The number of benzene rings is 1. The molecule has 2 rings (SSSR count). The predicted molar refractivity (Wildman–Crippen MR) is 80.2 cm³/mol. The summed E-state index contributed by atoms with van der Waals surface area (Å²) >= 11 is 0. The van der Waals surface area contributed by atoms with E-state index in [1.54, 1.807) is 48.3 Å². The minimum Gasteiger partial charge on any atom is -0.490 e. The van der Waals surface area contributed by atoms with Gasteiger partial charge in [0.2, 0.25) is 10.0 Å². The first kappa shape index (κ1) is 15.3. The van der Waals surface area contributed by atoms with Gasteiger partial charge in [0.1, 0.15) is 18.2 Å². The van der Waals surface area contributed by atoms with Crippen LogP contribution in [-0.4, -0.2) is 30.3 Å². The van der Waals surface area contributed by atoms with E-state index in [0.717, 1.165) is 0 Å². The van der Waals surface area contributed by atoms with Crippen LogP contribution in [0.1, 0.15) is 5.82 Å². The summed E-state index contributed by atoms with van der Waals surface area (Å²) in [5.41, 5.74) is 6.19. The number of hydrogen-bond acceptors (Lipinski definition) is 5. The smallest absolute Gasteiger partial charge is 0.215 e. The second kappa shape index (κ2) is 6.59. The Morgan fingerprint density at radius 3 is 2.81 bits per heavy atom. The van der Waals surface area contributed by atoms with Crippen LogP contribution >= 0.6 is 0 Å². The van der Waals surface area contributed by atoms with Crippen LogP contribution < -0.4 is 15.2 Å². The van der Waals surface area contributed by atoms with Gasteiger partial charge in [-0.25, -0.2) is 18.1 Å². The van der Waals surface area contributed by atoms with Crippen molar-refractivity contribution < 1.29 is 13.2 Å². The van der Waals surface area contributed by atoms with Gasteiger partial charge in [0.15, 0.2) is 0 Å². The van der Waals surface area contributed by atoms with Crippen molar-refractivity contribution in [1.82, 2.24) is 14.3 Å². The zero-order valence-corrected chi connectivity index (χ0v) is 12.5. The third-order valence-corrected chi connectivity index (χ3v) is 4.19. The number of nitrogens with two attached hydrogens (primary N) is 1. The fourth-order valence-corrected chi connectivity index (χ4v) is 2.48. The van der Waals surface area contributed by atoms with Gasteiger partial charge >= 0.3 is 0 Å². The molecule has 21 heavy (non-hydrogen) atoms. The van der Waals surface area contributed by atoms with Crippen molar-refractivity contribution in [2.45, 2.75) is 6.54 Å². The molecule has 0 saturated carbocycles. The molecule has 0 saturated heterocycles. The van der Waals surface area contributed by atoms with Crippen molar-refractivity contribution in [3.05, 3.63) is 42.5 Å². The van der Waals surface area contributed by atoms with Crippen molar-refractivity contribution in [3.8, 4) is 5.75 Å². The maximum Gasteiger partial charge on any atom is 0.215 e. The summed E-state index contributed by atoms with van der Waals surface area (Å²) in [6, 6.07) is 6.96. The van der Waals surface area contributed by atoms with Crippen LogP contribution in [0.25, 0.3) is 0 Å². The van der Waals surface area contributed by atoms with E-state index in [2.05, 4.69) is 9.71 Å². The fraction of sp³-hybridized carbons (Fsp3) is 0.308. The number of nitrogens with one attached hydrogen (secondary N) is 1. The summed E-state index contributed by atoms with van der Waals surface area (Å²) in [7, 11) is -1.62. The van der Waals surface area contributed by atoms with Crippen molar-refractivity contribution in [2.24, 2.45) is 7.05 Å². The molecule has 0 fully saturated rings. The first-order chi connectivity index (χ1) is 9.98. The summed E-state index contributed by atoms with van der Waals surface area (Å²) in [4.78, 5) is 4.05. The predicted octanol–water partition coefficient (Wildman–Crippen LogP) is 0.501. The van der Waals surface area contributed by atoms with Crippen LogP contribution in [-0.2, 0) is 23.6 Å². The summed E-state index contributed by atoms with van der Waals surface area (Å²) in [5, 5.41) is 0. The number of anilines is 1. The highest BCUT2D eigenvalue weighted by Gasteiger charge is 2.12. The molecule has 0 spiro atoms. The molecule has 0 bridgehead atoms. The van der Waals surface area contributed by atoms with Gasteiger partial charge in [-0.15, -0.1) is 0 Å². The number of para-hydroxylation sites is 2. The van der Waals surface area contributed by atoms with E-state index in [1.165, 1.54) is 0 Å². The first-order valence-corrected chi connectivity index (χ1v) is 8.04. The zero-order chi connectivity index (χ0) is 15.3. The maximum atomic E-state index is 11.9. The Kier molecular flexibility index (Phi) is 4.81. The molecule has 0 unspecified atom stereocenters. The highest BCUT2D eigenvalue weighted by molar-refractivity contribution is 7.89. The number of nitrogens with zero attached hydrogens (tertiary/aromatic N) is 2. The van der Waals surface area contributed by atoms with E-state index in [9.17, 15) is 8.42 Å². The fourth-order valence-electron chi connectivity index (χ4n) is 1.69. The first-order valence-electron chi connectivity index (χ1n) is 6.39. The molecule has 114 valence electrons. The number of ether oxygens (including phenoxy) is 1. The summed E-state index contributed by atoms with van der Waals surface area (Å²) in [6.07, 6.45) is 3.37. The average molecular weight is 310 g/mol. The Morgan fingerprint density at radius 2 is 2.14 bits per heavy atom. The van der Waals surface area contributed by atoms with Crippen molar-refractivity contribution in [3.63, 3.8) is 0 Å². The molecule has 0 amide bonds. The standard InChI is InChI=1S/C13H18N4O3S/c1-17-7-6-15-13(17)10-16-21(18,19)9-8-20-12-5-3-2-4-11(12)14/h2-7,16H,8-10,14H2,1H3. The SMILES string of the molecule is Cn1ccnc1CNS(=O)(=O)CCOc1ccccc1N. The molecule has 0 aliphatic rings. The lowest BCUT2D eigenvalue weighted by atomic mass is 10.3. The van der Waals surface area contributed by atoms with E-state index in [-0.39, 0.29) is 18.9 Å². The molecule has 1 aromatic carbocycles. The highest BCUT2D eigenvalue weighted by atomic mass is 32.2. The Morgan fingerprint density at radius 1 is 1.38 bits per heavy atom. The normalized spacial score (nSPS) is 11.5. The molecule has 0 aliphatic heterocycles. The molecule has 3 N–H and O–H groups in total. The van der Waals surface area contributed by atoms with Crippen LogP contribution in [0.3, 0.4) is 0 Å². The van der Waals surface area contributed by atoms with Crippen molar-refractivity contribution in [2.75, 3.05) is 18.1 Å². The molecular formula is C13H18N4O3S. The Bertz CT molecular complexity index is 697. The quantitative estimate of drug-likeness (QED) is 0.726. The molecule has 7 nitrogen and oxygen atoms in total. The maximum absolute atomic E-state index is 11.9. The average Bonchev–Trinajstić information content (AvgIpc) is 2.84. The van der Waals surface area contributed by atoms with Gasteiger partial charge < -0.3 is 15.0 Å². The van der Waals surface area contributed by atoms with Crippen LogP contribution in [0.15, 0.2) is 36.7 Å². The second-order valence-electron chi connectivity index (χ2n) is 4.48. The Labute approximate surface area is 123 Å². The number of hydrogen-bond donors (Lipinski definition) is 2. The van der Waals surface area contributed by atoms with E-state index < -0.39 is 10.0 Å². The highest BCUT2D eigenvalue weighted by Crippen LogP contribution is 2.19. The van der Waals surface area contributed by atoms with Gasteiger partial charge in [0, 0.05) is 19.4 Å². The van der Waals surface area contributed by atoms with Crippen LogP contribution in [0, 0.1) is 0 Å². The summed E-state index contributed by atoms with van der Waals surface area (Å²) in [5.74, 6) is 0.981. The minimum absolute atomic E-state index is 0.0319. The second-order valence-corrected chi connectivity index (χ2v) is 6.41. The van der Waals surface area contributed by atoms with Crippen LogP contribution in [0.4, 0.5) is 5.69 Å². The van der Waals surface area contributed by atoms with Gasteiger partial charge in [-0.1, -0.05) is 12.1 Å². The van der Waals surface area contributed by atoms with Crippen LogP contribution in [0.5, 0.6) is 5.75 Å². The van der Waals surface area contributed by atoms with E-state index in [1.807, 2.05) is 0 Å². The van der Waals surface area contributed by atoms with E-state index in [0.29, 0.717) is 17.3 Å². The molecule has 0 aliphatic carbocycles. The number of imidazole rings is 1. The number of aryl methyl sites for hydroxylation is 1. The van der Waals surface area contributed by atoms with Gasteiger partial charge in [-0.05, 0) is 12.1 Å². The Balaban J connectivity index is 1.82. The minimum atomic E-state index is -3.43. The van der Waals surface area contributed by atoms with Gasteiger partial charge in [-0.3, -0.25) is 0 Å². The number of rotatable bonds is 7. The van der Waals surface area contributed by atoms with Crippen molar-refractivity contribution >= 4 is 15.7 Å². The van der Waals surface area contributed by atoms with Crippen LogP contribution in [0.2, 0.25) is 0 Å². The summed E-state index contributed by atoms with van der Waals surface area (Å²) < 4.78 is 33.3.